The molecule has 0 radical (unpaired) electrons. The molecule has 128 valence electrons. The number of carbonyl (C=O) groups excluding carboxylic acids is 2. The fourth-order valence-electron chi connectivity index (χ4n) is 2.63. The van der Waals surface area contributed by atoms with Crippen molar-refractivity contribution in [2.75, 3.05) is 12.4 Å². The molecule has 0 spiro atoms. The van der Waals surface area contributed by atoms with E-state index in [2.05, 4.69) is 10.3 Å². The summed E-state index contributed by atoms with van der Waals surface area (Å²) in [4.78, 5) is 40.2. The van der Waals surface area contributed by atoms with Crippen LogP contribution in [-0.4, -0.2) is 24.0 Å². The minimum Gasteiger partial charge on any atom is -0.465 e. The van der Waals surface area contributed by atoms with Gasteiger partial charge in [0.15, 0.2) is 0 Å². The summed E-state index contributed by atoms with van der Waals surface area (Å²) in [6.45, 7) is 3.67. The van der Waals surface area contributed by atoms with Gasteiger partial charge in [0.1, 0.15) is 5.00 Å². The number of thiophene rings is 1. The van der Waals surface area contributed by atoms with E-state index in [9.17, 15) is 14.4 Å². The highest BCUT2D eigenvalue weighted by molar-refractivity contribution is 7.16. The van der Waals surface area contributed by atoms with E-state index in [1.54, 1.807) is 31.2 Å². The van der Waals surface area contributed by atoms with Gasteiger partial charge in [-0.05, 0) is 25.5 Å². The van der Waals surface area contributed by atoms with E-state index in [0.717, 1.165) is 10.4 Å². The van der Waals surface area contributed by atoms with Gasteiger partial charge in [0, 0.05) is 21.8 Å². The molecule has 6 nitrogen and oxygen atoms in total. The van der Waals surface area contributed by atoms with Crippen LogP contribution in [0.1, 0.15) is 31.2 Å². The number of ether oxygens (including phenoxy) is 1. The maximum absolute atomic E-state index is 12.8. The van der Waals surface area contributed by atoms with Crippen LogP contribution in [0.2, 0.25) is 0 Å². The van der Waals surface area contributed by atoms with E-state index in [0.29, 0.717) is 21.5 Å². The third kappa shape index (κ3) is 3.06. The molecule has 0 aliphatic carbocycles. The first-order chi connectivity index (χ1) is 11.9. The zero-order valence-corrected chi connectivity index (χ0v) is 14.7. The third-order valence-electron chi connectivity index (χ3n) is 4.00. The Morgan fingerprint density at radius 1 is 1.20 bits per heavy atom. The topological polar surface area (TPSA) is 88.3 Å². The van der Waals surface area contributed by atoms with E-state index in [1.165, 1.54) is 24.5 Å². The quantitative estimate of drug-likeness (QED) is 0.705. The molecule has 0 bridgehead atoms. The molecule has 7 heteroatoms. The van der Waals surface area contributed by atoms with Gasteiger partial charge in [0.25, 0.3) is 5.91 Å². The number of benzene rings is 1. The number of aromatic nitrogens is 1. The number of pyridine rings is 1. The smallest absolute Gasteiger partial charge is 0.341 e. The Morgan fingerprint density at radius 3 is 2.64 bits per heavy atom. The fourth-order valence-corrected chi connectivity index (χ4v) is 3.67. The number of nitrogens with one attached hydrogen (secondary N) is 2. The van der Waals surface area contributed by atoms with Crippen LogP contribution in [0.3, 0.4) is 0 Å². The molecule has 1 amide bonds. The van der Waals surface area contributed by atoms with Crippen molar-refractivity contribution >= 4 is 39.1 Å². The van der Waals surface area contributed by atoms with Gasteiger partial charge >= 0.3 is 5.97 Å². The molecule has 0 aliphatic heterocycles. The number of rotatable bonds is 3. The number of esters is 1. The van der Waals surface area contributed by atoms with Gasteiger partial charge < -0.3 is 15.0 Å². The molecule has 2 N–H and O–H groups in total. The molecule has 1 aromatic carbocycles. The van der Waals surface area contributed by atoms with Crippen molar-refractivity contribution < 1.29 is 14.3 Å². The molecule has 25 heavy (non-hydrogen) atoms. The van der Waals surface area contributed by atoms with E-state index in [1.807, 2.05) is 6.92 Å². The molecule has 3 aromatic rings. The van der Waals surface area contributed by atoms with Crippen LogP contribution < -0.4 is 10.9 Å². The molecule has 0 fully saturated rings. The minimum absolute atomic E-state index is 0.249. The number of fused-ring (bicyclic) bond motifs is 1. The van der Waals surface area contributed by atoms with Crippen LogP contribution in [-0.2, 0) is 4.74 Å². The zero-order valence-electron chi connectivity index (χ0n) is 13.9. The molecular weight excluding hydrogens is 340 g/mol. The summed E-state index contributed by atoms with van der Waals surface area (Å²) in [6.07, 6.45) is 0. The average Bonchev–Trinajstić information content (AvgIpc) is 2.87. The molecule has 0 saturated carbocycles. The summed E-state index contributed by atoms with van der Waals surface area (Å²) in [7, 11) is 1.30. The number of amides is 1. The molecule has 0 unspecified atom stereocenters. The summed E-state index contributed by atoms with van der Waals surface area (Å²) in [5, 5.41) is 3.79. The molecule has 0 atom stereocenters. The molecule has 2 heterocycles. The Morgan fingerprint density at radius 2 is 1.92 bits per heavy atom. The highest BCUT2D eigenvalue weighted by Gasteiger charge is 2.22. The van der Waals surface area contributed by atoms with E-state index in [-0.39, 0.29) is 11.1 Å². The number of anilines is 1. The number of carbonyl (C=O) groups is 2. The number of H-pyrrole nitrogens is 1. The minimum atomic E-state index is -0.507. The van der Waals surface area contributed by atoms with E-state index in [4.69, 9.17) is 4.74 Å². The standard InChI is InChI=1S/C18H16N2O4S/c1-9-10(2)25-17(15(9)18(23)24-3)20-16(22)12-8-14(21)19-13-7-5-4-6-11(12)13/h4-8H,1-3H3,(H,19,21)(H,20,22). The monoisotopic (exact) mass is 356 g/mol. The van der Waals surface area contributed by atoms with Gasteiger partial charge in [-0.2, -0.15) is 0 Å². The summed E-state index contributed by atoms with van der Waals surface area (Å²) < 4.78 is 4.81. The van der Waals surface area contributed by atoms with Gasteiger partial charge in [-0.25, -0.2) is 4.79 Å². The third-order valence-corrected chi connectivity index (χ3v) is 5.12. The number of aryl methyl sites for hydroxylation is 1. The lowest BCUT2D eigenvalue weighted by molar-refractivity contribution is 0.0601. The van der Waals surface area contributed by atoms with Crippen LogP contribution in [0, 0.1) is 13.8 Å². The summed E-state index contributed by atoms with van der Waals surface area (Å²) in [5.74, 6) is -0.957. The lowest BCUT2D eigenvalue weighted by atomic mass is 10.1. The fraction of sp³-hybridized carbons (Fsp3) is 0.167. The second-order valence-electron chi connectivity index (χ2n) is 5.53. The molecular formula is C18H16N2O4S. The Balaban J connectivity index is 2.06. The van der Waals surface area contributed by atoms with Crippen molar-refractivity contribution in [2.45, 2.75) is 13.8 Å². The lowest BCUT2D eigenvalue weighted by Gasteiger charge is -2.08. The maximum Gasteiger partial charge on any atom is 0.341 e. The average molecular weight is 356 g/mol. The maximum atomic E-state index is 12.8. The Bertz CT molecular complexity index is 1050. The zero-order chi connectivity index (χ0) is 18.1. The summed E-state index contributed by atoms with van der Waals surface area (Å²) in [5.41, 5.74) is 1.57. The number of hydrogen-bond acceptors (Lipinski definition) is 5. The molecule has 0 saturated heterocycles. The highest BCUT2D eigenvalue weighted by Crippen LogP contribution is 2.33. The van der Waals surface area contributed by atoms with Gasteiger partial charge in [-0.1, -0.05) is 18.2 Å². The van der Waals surface area contributed by atoms with Crippen LogP contribution in [0.25, 0.3) is 10.9 Å². The Kier molecular flexibility index (Phi) is 4.41. The molecule has 3 rings (SSSR count). The predicted octanol–water partition coefficient (Wildman–Crippen LogP) is 3.25. The number of aromatic amines is 1. The van der Waals surface area contributed by atoms with E-state index >= 15 is 0 Å². The van der Waals surface area contributed by atoms with Crippen LogP contribution in [0.15, 0.2) is 35.1 Å². The summed E-state index contributed by atoms with van der Waals surface area (Å²) in [6, 6.07) is 8.31. The molecule has 0 aliphatic rings. The van der Waals surface area contributed by atoms with Crippen molar-refractivity contribution in [2.24, 2.45) is 0 Å². The predicted molar refractivity (Wildman–Crippen MR) is 97.7 cm³/mol. The first-order valence-electron chi connectivity index (χ1n) is 7.54. The van der Waals surface area contributed by atoms with Gasteiger partial charge in [-0.3, -0.25) is 9.59 Å². The number of methoxy groups -OCH3 is 1. The second-order valence-corrected chi connectivity index (χ2v) is 6.75. The lowest BCUT2D eigenvalue weighted by Crippen LogP contribution is -2.18. The summed E-state index contributed by atoms with van der Waals surface area (Å²) >= 11 is 1.30. The van der Waals surface area contributed by atoms with Gasteiger partial charge in [0.2, 0.25) is 5.56 Å². The van der Waals surface area contributed by atoms with Crippen molar-refractivity contribution in [3.05, 3.63) is 62.3 Å². The Labute approximate surface area is 147 Å². The second kappa shape index (κ2) is 6.52. The van der Waals surface area contributed by atoms with Crippen LogP contribution in [0.5, 0.6) is 0 Å². The largest absolute Gasteiger partial charge is 0.465 e. The number of para-hydroxylation sites is 1. The van der Waals surface area contributed by atoms with Crippen molar-refractivity contribution in [3.63, 3.8) is 0 Å². The van der Waals surface area contributed by atoms with Crippen molar-refractivity contribution in [3.8, 4) is 0 Å². The van der Waals surface area contributed by atoms with Crippen molar-refractivity contribution in [1.29, 1.82) is 0 Å². The SMILES string of the molecule is COC(=O)c1c(NC(=O)c2cc(=O)[nH]c3ccccc23)sc(C)c1C. The molecule has 2 aromatic heterocycles. The highest BCUT2D eigenvalue weighted by atomic mass is 32.1. The van der Waals surface area contributed by atoms with Crippen LogP contribution in [0.4, 0.5) is 5.00 Å². The first kappa shape index (κ1) is 16.9. The Hall–Kier alpha value is -2.93. The normalized spacial score (nSPS) is 10.7. The van der Waals surface area contributed by atoms with Gasteiger partial charge in [0.05, 0.1) is 18.2 Å². The van der Waals surface area contributed by atoms with Crippen LogP contribution >= 0.6 is 11.3 Å². The first-order valence-corrected chi connectivity index (χ1v) is 8.35. The van der Waals surface area contributed by atoms with E-state index < -0.39 is 11.9 Å². The van der Waals surface area contributed by atoms with Gasteiger partial charge in [-0.15, -0.1) is 11.3 Å². The van der Waals surface area contributed by atoms with Crippen molar-refractivity contribution in [1.82, 2.24) is 4.98 Å². The number of hydrogen-bond donors (Lipinski definition) is 2.